The largest absolute Gasteiger partial charge is 0.465 e. The Morgan fingerprint density at radius 2 is 1.80 bits per heavy atom. The van der Waals surface area contributed by atoms with Crippen LogP contribution in [0.3, 0.4) is 0 Å². The molecule has 20 heavy (non-hydrogen) atoms. The molecule has 0 aromatic rings. The second-order valence-corrected chi connectivity index (χ2v) is 6.05. The molecule has 1 aliphatic carbocycles. The fourth-order valence-corrected chi connectivity index (χ4v) is 2.94. The fraction of sp³-hybridized carbons (Fsp3) is 0.882. The zero-order valence-corrected chi connectivity index (χ0v) is 12.9. The first-order valence-corrected chi connectivity index (χ1v) is 8.38. The van der Waals surface area contributed by atoms with Crippen LogP contribution >= 0.6 is 0 Å². The van der Waals surface area contributed by atoms with Crippen molar-refractivity contribution in [2.24, 2.45) is 11.8 Å². The van der Waals surface area contributed by atoms with Gasteiger partial charge in [-0.05, 0) is 19.3 Å². The van der Waals surface area contributed by atoms with Gasteiger partial charge < -0.3 is 9.53 Å². The molecule has 2 atom stereocenters. The molecule has 0 spiro atoms. The summed E-state index contributed by atoms with van der Waals surface area (Å²) in [5, 5.41) is 0. The van der Waals surface area contributed by atoms with Gasteiger partial charge in [-0.25, -0.2) is 0 Å². The van der Waals surface area contributed by atoms with Crippen molar-refractivity contribution in [1.29, 1.82) is 0 Å². The Kier molecular flexibility index (Phi) is 9.35. The first-order chi connectivity index (χ1) is 9.77. The lowest BCUT2D eigenvalue weighted by Crippen LogP contribution is -2.26. The van der Waals surface area contributed by atoms with Crippen molar-refractivity contribution < 1.29 is 14.3 Å². The van der Waals surface area contributed by atoms with Gasteiger partial charge in [0, 0.05) is 18.3 Å². The highest BCUT2D eigenvalue weighted by Crippen LogP contribution is 2.28. The molecule has 3 nitrogen and oxygen atoms in total. The smallest absolute Gasteiger partial charge is 0.305 e. The summed E-state index contributed by atoms with van der Waals surface area (Å²) in [7, 11) is 0. The summed E-state index contributed by atoms with van der Waals surface area (Å²) in [6.45, 7) is 2.65. The molecule has 1 aliphatic rings. The average molecular weight is 282 g/mol. The third-order valence-electron chi connectivity index (χ3n) is 4.34. The van der Waals surface area contributed by atoms with Crippen molar-refractivity contribution in [3.63, 3.8) is 0 Å². The Labute approximate surface area is 123 Å². The molecular formula is C17H30O3. The van der Waals surface area contributed by atoms with Crippen LogP contribution in [0.5, 0.6) is 0 Å². The van der Waals surface area contributed by atoms with Gasteiger partial charge in [-0.2, -0.15) is 0 Å². The lowest BCUT2D eigenvalue weighted by atomic mass is 9.81. The van der Waals surface area contributed by atoms with Gasteiger partial charge >= 0.3 is 5.97 Å². The number of aldehydes is 1. The molecule has 0 aromatic heterocycles. The molecule has 0 amide bonds. The first-order valence-electron chi connectivity index (χ1n) is 8.38. The van der Waals surface area contributed by atoms with Crippen molar-refractivity contribution in [2.75, 3.05) is 6.61 Å². The molecule has 0 radical (unpaired) electrons. The zero-order valence-electron chi connectivity index (χ0n) is 12.9. The van der Waals surface area contributed by atoms with Crippen LogP contribution in [0.25, 0.3) is 0 Å². The normalized spacial score (nSPS) is 22.4. The highest BCUT2D eigenvalue weighted by Gasteiger charge is 2.25. The van der Waals surface area contributed by atoms with Crippen LogP contribution in [-0.2, 0) is 14.3 Å². The van der Waals surface area contributed by atoms with E-state index in [1.807, 2.05) is 0 Å². The van der Waals surface area contributed by atoms with Crippen molar-refractivity contribution in [3.05, 3.63) is 0 Å². The molecule has 1 fully saturated rings. The Bertz CT molecular complexity index is 275. The third-order valence-corrected chi connectivity index (χ3v) is 4.34. The summed E-state index contributed by atoms with van der Waals surface area (Å²) < 4.78 is 5.34. The van der Waals surface area contributed by atoms with Crippen LogP contribution in [0, 0.1) is 11.8 Å². The van der Waals surface area contributed by atoms with Gasteiger partial charge in [0.05, 0.1) is 6.61 Å². The van der Waals surface area contributed by atoms with Gasteiger partial charge in [-0.3, -0.25) is 4.79 Å². The number of hydrogen-bond donors (Lipinski definition) is 0. The fourth-order valence-electron chi connectivity index (χ4n) is 2.94. The van der Waals surface area contributed by atoms with Gasteiger partial charge in [0.25, 0.3) is 0 Å². The monoisotopic (exact) mass is 282 g/mol. The van der Waals surface area contributed by atoms with E-state index < -0.39 is 0 Å². The highest BCUT2D eigenvalue weighted by atomic mass is 16.5. The van der Waals surface area contributed by atoms with E-state index >= 15 is 0 Å². The summed E-state index contributed by atoms with van der Waals surface area (Å²) in [5.74, 6) is 0.274. The molecule has 1 rings (SSSR count). The van der Waals surface area contributed by atoms with Crippen LogP contribution in [0.4, 0.5) is 0 Å². The minimum atomic E-state index is -0.0873. The van der Waals surface area contributed by atoms with Gasteiger partial charge in [0.2, 0.25) is 0 Å². The number of carbonyl (C=O) groups excluding carboxylic acids is 2. The molecule has 0 heterocycles. The molecule has 0 saturated heterocycles. The van der Waals surface area contributed by atoms with Crippen molar-refractivity contribution in [2.45, 2.75) is 77.6 Å². The maximum absolute atomic E-state index is 11.7. The van der Waals surface area contributed by atoms with E-state index in [-0.39, 0.29) is 17.8 Å². The van der Waals surface area contributed by atoms with Crippen LogP contribution in [0.15, 0.2) is 0 Å². The lowest BCUT2D eigenvalue weighted by molar-refractivity contribution is -0.146. The zero-order chi connectivity index (χ0) is 14.6. The quantitative estimate of drug-likeness (QED) is 0.341. The third kappa shape index (κ3) is 7.06. The summed E-state index contributed by atoms with van der Waals surface area (Å²) in [6, 6.07) is 0. The lowest BCUT2D eigenvalue weighted by Gasteiger charge is -2.27. The van der Waals surface area contributed by atoms with Gasteiger partial charge in [-0.1, -0.05) is 51.9 Å². The summed E-state index contributed by atoms with van der Waals surface area (Å²) in [6.07, 6.45) is 12.9. The van der Waals surface area contributed by atoms with E-state index in [4.69, 9.17) is 4.74 Å². The number of rotatable bonds is 10. The average Bonchev–Trinajstić information content (AvgIpc) is 2.49. The molecule has 116 valence electrons. The predicted molar refractivity (Wildman–Crippen MR) is 80.5 cm³/mol. The summed E-state index contributed by atoms with van der Waals surface area (Å²) in [5.41, 5.74) is 0. The van der Waals surface area contributed by atoms with Gasteiger partial charge in [0.15, 0.2) is 0 Å². The van der Waals surface area contributed by atoms with Crippen LogP contribution in [-0.4, -0.2) is 18.9 Å². The maximum atomic E-state index is 11.7. The first kappa shape index (κ1) is 17.2. The van der Waals surface area contributed by atoms with Gasteiger partial charge in [0.1, 0.15) is 6.29 Å². The molecular weight excluding hydrogens is 252 g/mol. The standard InChI is InChI=1S/C17H30O3/c1-2-3-4-5-6-7-12-17(19)20-14-16-11-9-8-10-15(16)13-18/h13,15-16H,2-12,14H2,1H3. The van der Waals surface area contributed by atoms with Crippen molar-refractivity contribution >= 4 is 12.3 Å². The van der Waals surface area contributed by atoms with Crippen molar-refractivity contribution in [1.82, 2.24) is 0 Å². The minimum absolute atomic E-state index is 0.0873. The Morgan fingerprint density at radius 1 is 1.10 bits per heavy atom. The minimum Gasteiger partial charge on any atom is -0.465 e. The second-order valence-electron chi connectivity index (χ2n) is 6.05. The molecule has 0 aromatic carbocycles. The Hall–Kier alpha value is -0.860. The van der Waals surface area contributed by atoms with Crippen LogP contribution in [0.2, 0.25) is 0 Å². The maximum Gasteiger partial charge on any atom is 0.305 e. The van der Waals surface area contributed by atoms with E-state index in [1.165, 1.54) is 25.7 Å². The second kappa shape index (κ2) is 10.9. The molecule has 3 heteroatoms. The number of unbranched alkanes of at least 4 members (excludes halogenated alkanes) is 5. The van der Waals surface area contributed by atoms with Crippen LogP contribution in [0.1, 0.15) is 77.6 Å². The Balaban J connectivity index is 2.05. The Morgan fingerprint density at radius 3 is 2.55 bits per heavy atom. The molecule has 0 bridgehead atoms. The highest BCUT2D eigenvalue weighted by molar-refractivity contribution is 5.69. The van der Waals surface area contributed by atoms with Crippen molar-refractivity contribution in [3.8, 4) is 0 Å². The molecule has 0 aliphatic heterocycles. The summed E-state index contributed by atoms with van der Waals surface area (Å²) >= 11 is 0. The number of ether oxygens (including phenoxy) is 1. The van der Waals surface area contributed by atoms with E-state index in [0.29, 0.717) is 13.0 Å². The molecule has 1 saturated carbocycles. The molecule has 2 unspecified atom stereocenters. The van der Waals surface area contributed by atoms with E-state index in [0.717, 1.165) is 44.8 Å². The van der Waals surface area contributed by atoms with Gasteiger partial charge in [-0.15, -0.1) is 0 Å². The summed E-state index contributed by atoms with van der Waals surface area (Å²) in [4.78, 5) is 22.6. The number of carbonyl (C=O) groups is 2. The topological polar surface area (TPSA) is 43.4 Å². The number of esters is 1. The number of hydrogen-bond acceptors (Lipinski definition) is 3. The predicted octanol–water partition coefficient (Wildman–Crippen LogP) is 4.29. The van der Waals surface area contributed by atoms with E-state index in [9.17, 15) is 9.59 Å². The van der Waals surface area contributed by atoms with E-state index in [1.54, 1.807) is 0 Å². The van der Waals surface area contributed by atoms with E-state index in [2.05, 4.69) is 6.92 Å². The SMILES string of the molecule is CCCCCCCCC(=O)OCC1CCCCC1C=O. The molecule has 0 N–H and O–H groups in total. The van der Waals surface area contributed by atoms with Crippen LogP contribution < -0.4 is 0 Å².